The molecule has 0 radical (unpaired) electrons. The van der Waals surface area contributed by atoms with Gasteiger partial charge in [0.1, 0.15) is 0 Å². The van der Waals surface area contributed by atoms with Crippen LogP contribution in [-0.4, -0.2) is 23.5 Å². The third kappa shape index (κ3) is 1.03. The third-order valence-electron chi connectivity index (χ3n) is 5.00. The van der Waals surface area contributed by atoms with Crippen molar-refractivity contribution in [2.24, 2.45) is 11.8 Å². The van der Waals surface area contributed by atoms with E-state index < -0.39 is 0 Å². The highest BCUT2D eigenvalue weighted by Crippen LogP contribution is 2.51. The van der Waals surface area contributed by atoms with E-state index in [-0.39, 0.29) is 0 Å². The summed E-state index contributed by atoms with van der Waals surface area (Å²) in [5.41, 5.74) is 0.630. The van der Waals surface area contributed by atoms with Crippen molar-refractivity contribution in [1.82, 2.24) is 4.90 Å². The average molecular weight is 179 g/mol. The van der Waals surface area contributed by atoms with Gasteiger partial charge in [0.2, 0.25) is 0 Å². The minimum absolute atomic E-state index is 0.630. The van der Waals surface area contributed by atoms with E-state index in [4.69, 9.17) is 0 Å². The van der Waals surface area contributed by atoms with E-state index in [0.29, 0.717) is 5.54 Å². The molecule has 0 aromatic rings. The van der Waals surface area contributed by atoms with Gasteiger partial charge in [0.15, 0.2) is 0 Å². The Bertz CT molecular complexity index is 213. The summed E-state index contributed by atoms with van der Waals surface area (Å²) in [6.45, 7) is 5.36. The number of rotatable bonds is 0. The summed E-state index contributed by atoms with van der Waals surface area (Å²) >= 11 is 0. The first-order chi connectivity index (χ1) is 6.31. The first-order valence-electron chi connectivity index (χ1n) is 6.06. The normalized spacial score (nSPS) is 50.5. The fraction of sp³-hybridized carbons (Fsp3) is 1.00. The van der Waals surface area contributed by atoms with Crippen LogP contribution in [0.1, 0.15) is 45.4 Å². The summed E-state index contributed by atoms with van der Waals surface area (Å²) in [7, 11) is 0. The molecule has 3 rings (SSSR count). The Balaban J connectivity index is 1.88. The maximum Gasteiger partial charge on any atom is 0.0213 e. The molecule has 74 valence electrons. The lowest BCUT2D eigenvalue weighted by Gasteiger charge is -2.36. The van der Waals surface area contributed by atoms with Crippen molar-refractivity contribution in [3.05, 3.63) is 0 Å². The molecule has 2 heterocycles. The van der Waals surface area contributed by atoms with E-state index in [0.717, 1.165) is 11.8 Å². The largest absolute Gasteiger partial charge is 0.297 e. The second-order valence-corrected chi connectivity index (χ2v) is 5.56. The van der Waals surface area contributed by atoms with Gasteiger partial charge in [-0.05, 0) is 51.0 Å². The van der Waals surface area contributed by atoms with Gasteiger partial charge in [-0.25, -0.2) is 0 Å². The number of fused-ring (bicyclic) bond motifs is 3. The Morgan fingerprint density at radius 1 is 1.15 bits per heavy atom. The van der Waals surface area contributed by atoms with Crippen LogP contribution in [0.3, 0.4) is 0 Å². The molecule has 0 bridgehead atoms. The first-order valence-corrected chi connectivity index (χ1v) is 6.06. The van der Waals surface area contributed by atoms with Gasteiger partial charge in [0.25, 0.3) is 0 Å². The number of hydrogen-bond donors (Lipinski definition) is 0. The zero-order chi connectivity index (χ0) is 8.89. The Morgan fingerprint density at radius 2 is 2.00 bits per heavy atom. The Labute approximate surface area is 81.5 Å². The first kappa shape index (κ1) is 8.28. The molecule has 3 fully saturated rings. The van der Waals surface area contributed by atoms with Crippen molar-refractivity contribution in [1.29, 1.82) is 0 Å². The lowest BCUT2D eigenvalue weighted by Crippen LogP contribution is -2.40. The molecule has 0 amide bonds. The molecule has 2 saturated heterocycles. The van der Waals surface area contributed by atoms with E-state index >= 15 is 0 Å². The molecule has 0 spiro atoms. The van der Waals surface area contributed by atoms with Gasteiger partial charge in [-0.3, -0.25) is 4.90 Å². The molecule has 1 aliphatic carbocycles. The molecule has 3 atom stereocenters. The molecule has 0 N–H and O–H groups in total. The summed E-state index contributed by atoms with van der Waals surface area (Å²) < 4.78 is 0. The predicted molar refractivity (Wildman–Crippen MR) is 54.7 cm³/mol. The van der Waals surface area contributed by atoms with Crippen molar-refractivity contribution in [3.8, 4) is 0 Å². The second kappa shape index (κ2) is 2.73. The van der Waals surface area contributed by atoms with Crippen molar-refractivity contribution >= 4 is 0 Å². The molecular weight excluding hydrogens is 158 g/mol. The van der Waals surface area contributed by atoms with Crippen LogP contribution in [0.25, 0.3) is 0 Å². The summed E-state index contributed by atoms with van der Waals surface area (Å²) in [6.07, 6.45) is 9.00. The molecule has 1 heteroatoms. The molecule has 1 nitrogen and oxygen atoms in total. The standard InChI is InChI=1S/C12H21N/c1-12-7-4-8-13(12)9-10-5-2-3-6-11(10)12/h10-11H,2-9H2,1H3/t10?,11?,12-/m0/s1. The van der Waals surface area contributed by atoms with Crippen LogP contribution in [0.5, 0.6) is 0 Å². The smallest absolute Gasteiger partial charge is 0.0213 e. The molecule has 2 unspecified atom stereocenters. The third-order valence-corrected chi connectivity index (χ3v) is 5.00. The van der Waals surface area contributed by atoms with E-state index in [2.05, 4.69) is 11.8 Å². The van der Waals surface area contributed by atoms with Gasteiger partial charge < -0.3 is 0 Å². The lowest BCUT2D eigenvalue weighted by atomic mass is 9.72. The monoisotopic (exact) mass is 179 g/mol. The molecular formula is C12H21N. The zero-order valence-electron chi connectivity index (χ0n) is 8.76. The maximum absolute atomic E-state index is 2.80. The van der Waals surface area contributed by atoms with Crippen molar-refractivity contribution in [3.63, 3.8) is 0 Å². The average Bonchev–Trinajstić information content (AvgIpc) is 2.60. The van der Waals surface area contributed by atoms with Gasteiger partial charge in [-0.1, -0.05) is 12.8 Å². The zero-order valence-corrected chi connectivity index (χ0v) is 8.76. The lowest BCUT2D eigenvalue weighted by molar-refractivity contribution is 0.148. The molecule has 1 saturated carbocycles. The highest BCUT2D eigenvalue weighted by Gasteiger charge is 2.52. The van der Waals surface area contributed by atoms with Crippen LogP contribution in [0, 0.1) is 11.8 Å². The molecule has 2 aliphatic heterocycles. The van der Waals surface area contributed by atoms with Gasteiger partial charge in [-0.15, -0.1) is 0 Å². The van der Waals surface area contributed by atoms with Gasteiger partial charge in [-0.2, -0.15) is 0 Å². The van der Waals surface area contributed by atoms with Gasteiger partial charge in [0, 0.05) is 12.1 Å². The number of nitrogens with zero attached hydrogens (tertiary/aromatic N) is 1. The Hall–Kier alpha value is -0.0400. The van der Waals surface area contributed by atoms with Crippen LogP contribution >= 0.6 is 0 Å². The summed E-state index contributed by atoms with van der Waals surface area (Å²) in [4.78, 5) is 2.80. The molecule has 0 aromatic carbocycles. The number of hydrogen-bond acceptors (Lipinski definition) is 1. The highest BCUT2D eigenvalue weighted by atomic mass is 15.2. The SMILES string of the molecule is C[C@@]12CCCN1CC1CCCCC12. The van der Waals surface area contributed by atoms with E-state index in [1.807, 2.05) is 0 Å². The minimum atomic E-state index is 0.630. The summed E-state index contributed by atoms with van der Waals surface area (Å²) in [5, 5.41) is 0. The van der Waals surface area contributed by atoms with Crippen molar-refractivity contribution in [2.75, 3.05) is 13.1 Å². The van der Waals surface area contributed by atoms with Crippen molar-refractivity contribution in [2.45, 2.75) is 51.0 Å². The minimum Gasteiger partial charge on any atom is -0.297 e. The summed E-state index contributed by atoms with van der Waals surface area (Å²) in [5.74, 6) is 2.13. The van der Waals surface area contributed by atoms with E-state index in [1.54, 1.807) is 0 Å². The highest BCUT2D eigenvalue weighted by molar-refractivity contribution is 5.06. The Kier molecular flexibility index (Phi) is 1.74. The van der Waals surface area contributed by atoms with Gasteiger partial charge >= 0.3 is 0 Å². The van der Waals surface area contributed by atoms with E-state index in [9.17, 15) is 0 Å². The Morgan fingerprint density at radius 3 is 2.92 bits per heavy atom. The van der Waals surface area contributed by atoms with Crippen LogP contribution in [0.15, 0.2) is 0 Å². The fourth-order valence-electron chi connectivity index (χ4n) is 4.29. The quantitative estimate of drug-likeness (QED) is 0.552. The molecule has 3 aliphatic rings. The van der Waals surface area contributed by atoms with Gasteiger partial charge in [0.05, 0.1) is 0 Å². The van der Waals surface area contributed by atoms with Crippen LogP contribution in [0.4, 0.5) is 0 Å². The van der Waals surface area contributed by atoms with Crippen LogP contribution in [0.2, 0.25) is 0 Å². The maximum atomic E-state index is 2.80. The molecule has 13 heavy (non-hydrogen) atoms. The van der Waals surface area contributed by atoms with E-state index in [1.165, 1.54) is 51.6 Å². The topological polar surface area (TPSA) is 3.24 Å². The van der Waals surface area contributed by atoms with Crippen LogP contribution < -0.4 is 0 Å². The fourth-order valence-corrected chi connectivity index (χ4v) is 4.29. The predicted octanol–water partition coefficient (Wildman–Crippen LogP) is 2.66. The van der Waals surface area contributed by atoms with Crippen LogP contribution in [-0.2, 0) is 0 Å². The van der Waals surface area contributed by atoms with Crippen molar-refractivity contribution < 1.29 is 0 Å². The summed E-state index contributed by atoms with van der Waals surface area (Å²) in [6, 6.07) is 0. The second-order valence-electron chi connectivity index (χ2n) is 5.56. The molecule has 0 aromatic heterocycles.